The summed E-state index contributed by atoms with van der Waals surface area (Å²) in [4.78, 5) is 0. The quantitative estimate of drug-likeness (QED) is 0.856. The van der Waals surface area contributed by atoms with Gasteiger partial charge in [-0.25, -0.2) is 0 Å². The van der Waals surface area contributed by atoms with Gasteiger partial charge in [-0.2, -0.15) is 0 Å². The molecule has 16 heavy (non-hydrogen) atoms. The van der Waals surface area contributed by atoms with Crippen LogP contribution < -0.4 is 10.5 Å². The van der Waals surface area contributed by atoms with Crippen LogP contribution >= 0.6 is 0 Å². The predicted octanol–water partition coefficient (Wildman–Crippen LogP) is 2.44. The second-order valence-electron chi connectivity index (χ2n) is 4.37. The molecule has 0 atom stereocenters. The van der Waals surface area contributed by atoms with Gasteiger partial charge >= 0.3 is 0 Å². The third-order valence-corrected chi connectivity index (χ3v) is 3.25. The topological polar surface area (TPSA) is 40.2 Å². The Morgan fingerprint density at radius 3 is 2.81 bits per heavy atom. The lowest BCUT2D eigenvalue weighted by molar-refractivity contribution is 0.415. The minimum atomic E-state index is 0.605. The van der Waals surface area contributed by atoms with E-state index in [4.69, 9.17) is 10.5 Å². The fourth-order valence-corrected chi connectivity index (χ4v) is 2.32. The monoisotopic (exact) mass is 216 g/mol. The number of rotatable bonds is 3. The van der Waals surface area contributed by atoms with Crippen molar-refractivity contribution in [1.29, 1.82) is 0 Å². The summed E-state index contributed by atoms with van der Waals surface area (Å²) in [6.07, 6.45) is 2.56. The molecule has 0 bridgehead atoms. The molecule has 1 fully saturated rings. The van der Waals surface area contributed by atoms with Gasteiger partial charge in [0.1, 0.15) is 5.75 Å². The van der Waals surface area contributed by atoms with Crippen LogP contribution in [0.25, 0.3) is 10.9 Å². The van der Waals surface area contributed by atoms with Crippen molar-refractivity contribution in [2.45, 2.75) is 25.4 Å². The molecule has 1 aromatic heterocycles. The number of nitrogens with zero attached hydrogens (tertiary/aromatic N) is 1. The van der Waals surface area contributed by atoms with Gasteiger partial charge in [0, 0.05) is 29.2 Å². The highest BCUT2D eigenvalue weighted by molar-refractivity contribution is 5.83. The molecular formula is C13H16N2O. The molecule has 0 aliphatic heterocycles. The maximum Gasteiger partial charge on any atom is 0.119 e. The van der Waals surface area contributed by atoms with Crippen molar-refractivity contribution < 1.29 is 4.74 Å². The molecule has 1 aliphatic rings. The average Bonchev–Trinajstić information content (AvgIpc) is 3.08. The first kappa shape index (κ1) is 9.73. The van der Waals surface area contributed by atoms with Gasteiger partial charge in [0.25, 0.3) is 0 Å². The summed E-state index contributed by atoms with van der Waals surface area (Å²) in [5.41, 5.74) is 8.31. The average molecular weight is 216 g/mol. The van der Waals surface area contributed by atoms with Gasteiger partial charge in [-0.15, -0.1) is 0 Å². The SMILES string of the molecule is COc1ccc2c(c1)cc(CN)n2C1CC1. The van der Waals surface area contributed by atoms with E-state index in [9.17, 15) is 0 Å². The van der Waals surface area contributed by atoms with Crippen LogP contribution in [-0.2, 0) is 6.54 Å². The van der Waals surface area contributed by atoms with Crippen LogP contribution in [0, 0.1) is 0 Å². The fourth-order valence-electron chi connectivity index (χ4n) is 2.32. The summed E-state index contributed by atoms with van der Waals surface area (Å²) in [5.74, 6) is 0.906. The summed E-state index contributed by atoms with van der Waals surface area (Å²) in [6, 6.07) is 9.07. The molecular weight excluding hydrogens is 200 g/mol. The van der Waals surface area contributed by atoms with Gasteiger partial charge < -0.3 is 15.0 Å². The Kier molecular flexibility index (Phi) is 2.14. The molecule has 2 N–H and O–H groups in total. The number of fused-ring (bicyclic) bond motifs is 1. The van der Waals surface area contributed by atoms with Gasteiger partial charge in [-0.05, 0) is 37.1 Å². The lowest BCUT2D eigenvalue weighted by Crippen LogP contribution is -2.05. The van der Waals surface area contributed by atoms with Gasteiger partial charge in [-0.3, -0.25) is 0 Å². The maximum atomic E-state index is 5.80. The summed E-state index contributed by atoms with van der Waals surface area (Å²) < 4.78 is 7.62. The fraction of sp³-hybridized carbons (Fsp3) is 0.385. The van der Waals surface area contributed by atoms with E-state index in [2.05, 4.69) is 22.8 Å². The molecule has 0 saturated heterocycles. The van der Waals surface area contributed by atoms with E-state index < -0.39 is 0 Å². The summed E-state index contributed by atoms with van der Waals surface area (Å²) >= 11 is 0. The van der Waals surface area contributed by atoms with Crippen molar-refractivity contribution >= 4 is 10.9 Å². The second kappa shape index (κ2) is 3.52. The van der Waals surface area contributed by atoms with Crippen molar-refractivity contribution in [2.75, 3.05) is 7.11 Å². The first-order valence-corrected chi connectivity index (χ1v) is 5.71. The number of aromatic nitrogens is 1. The van der Waals surface area contributed by atoms with Gasteiger partial charge in [0.2, 0.25) is 0 Å². The number of hydrogen-bond donors (Lipinski definition) is 1. The Bertz CT molecular complexity index is 526. The molecule has 3 nitrogen and oxygen atoms in total. The zero-order chi connectivity index (χ0) is 11.1. The number of hydrogen-bond acceptors (Lipinski definition) is 2. The van der Waals surface area contributed by atoms with Crippen molar-refractivity contribution in [3.8, 4) is 5.75 Å². The van der Waals surface area contributed by atoms with E-state index in [1.165, 1.54) is 29.4 Å². The van der Waals surface area contributed by atoms with Crippen LogP contribution in [-0.4, -0.2) is 11.7 Å². The normalized spacial score (nSPS) is 15.6. The van der Waals surface area contributed by atoms with Crippen molar-refractivity contribution in [3.05, 3.63) is 30.0 Å². The van der Waals surface area contributed by atoms with Crippen molar-refractivity contribution in [1.82, 2.24) is 4.57 Å². The van der Waals surface area contributed by atoms with E-state index in [1.807, 2.05) is 6.07 Å². The molecule has 0 unspecified atom stereocenters. The summed E-state index contributed by atoms with van der Waals surface area (Å²) in [6.45, 7) is 0.605. The van der Waals surface area contributed by atoms with E-state index in [0.29, 0.717) is 12.6 Å². The highest BCUT2D eigenvalue weighted by atomic mass is 16.5. The molecule has 3 rings (SSSR count). The van der Waals surface area contributed by atoms with Crippen LogP contribution in [0.4, 0.5) is 0 Å². The standard InChI is InChI=1S/C13H16N2O/c1-16-12-4-5-13-9(7-12)6-11(8-14)15(13)10-2-3-10/h4-7,10H,2-3,8,14H2,1H3. The van der Waals surface area contributed by atoms with Gasteiger partial charge in [0.15, 0.2) is 0 Å². The van der Waals surface area contributed by atoms with E-state index in [1.54, 1.807) is 7.11 Å². The molecule has 1 aliphatic carbocycles. The first-order chi connectivity index (χ1) is 7.83. The van der Waals surface area contributed by atoms with E-state index in [-0.39, 0.29) is 0 Å². The third-order valence-electron chi connectivity index (χ3n) is 3.25. The first-order valence-electron chi connectivity index (χ1n) is 5.71. The van der Waals surface area contributed by atoms with Crippen LogP contribution in [0.2, 0.25) is 0 Å². The summed E-state index contributed by atoms with van der Waals surface area (Å²) in [5, 5.41) is 1.23. The van der Waals surface area contributed by atoms with Crippen LogP contribution in [0.1, 0.15) is 24.6 Å². The van der Waals surface area contributed by atoms with Gasteiger partial charge in [-0.1, -0.05) is 0 Å². The minimum Gasteiger partial charge on any atom is -0.497 e. The number of ether oxygens (including phenoxy) is 1. The zero-order valence-electron chi connectivity index (χ0n) is 9.44. The molecule has 1 saturated carbocycles. The van der Waals surface area contributed by atoms with Crippen molar-refractivity contribution in [3.63, 3.8) is 0 Å². The molecule has 84 valence electrons. The molecule has 0 amide bonds. The molecule has 1 heterocycles. The largest absolute Gasteiger partial charge is 0.497 e. The highest BCUT2D eigenvalue weighted by Gasteiger charge is 2.26. The maximum absolute atomic E-state index is 5.80. The van der Waals surface area contributed by atoms with Crippen LogP contribution in [0.3, 0.4) is 0 Å². The van der Waals surface area contributed by atoms with E-state index in [0.717, 1.165) is 5.75 Å². The van der Waals surface area contributed by atoms with Crippen molar-refractivity contribution in [2.24, 2.45) is 5.73 Å². The predicted molar refractivity (Wildman–Crippen MR) is 64.7 cm³/mol. The lowest BCUT2D eigenvalue weighted by Gasteiger charge is -2.07. The smallest absolute Gasteiger partial charge is 0.119 e. The lowest BCUT2D eigenvalue weighted by atomic mass is 10.2. The molecule has 2 aromatic rings. The van der Waals surface area contributed by atoms with Gasteiger partial charge in [0.05, 0.1) is 7.11 Å². The number of benzene rings is 1. The molecule has 1 aromatic carbocycles. The van der Waals surface area contributed by atoms with Crippen LogP contribution in [0.5, 0.6) is 5.75 Å². The third kappa shape index (κ3) is 1.39. The highest BCUT2D eigenvalue weighted by Crippen LogP contribution is 2.40. The van der Waals surface area contributed by atoms with E-state index >= 15 is 0 Å². The molecule has 3 heteroatoms. The number of nitrogens with two attached hydrogens (primary N) is 1. The Morgan fingerprint density at radius 1 is 1.38 bits per heavy atom. The second-order valence-corrected chi connectivity index (χ2v) is 4.37. The minimum absolute atomic E-state index is 0.605. The van der Waals surface area contributed by atoms with Crippen LogP contribution in [0.15, 0.2) is 24.3 Å². The Morgan fingerprint density at radius 2 is 2.19 bits per heavy atom. The molecule has 0 spiro atoms. The molecule has 0 radical (unpaired) electrons. The Labute approximate surface area is 94.8 Å². The summed E-state index contributed by atoms with van der Waals surface area (Å²) in [7, 11) is 1.70. The zero-order valence-corrected chi connectivity index (χ0v) is 9.44. The Hall–Kier alpha value is -1.48. The number of methoxy groups -OCH3 is 1. The Balaban J connectivity index is 2.21.